The van der Waals surface area contributed by atoms with E-state index in [2.05, 4.69) is 17.1 Å². The van der Waals surface area contributed by atoms with Gasteiger partial charge in [0.2, 0.25) is 0 Å². The molecule has 0 amide bonds. The van der Waals surface area contributed by atoms with Gasteiger partial charge in [-0.15, -0.1) is 0 Å². The normalized spacial score (nSPS) is 21.5. The van der Waals surface area contributed by atoms with Crippen LogP contribution in [0.15, 0.2) is 59.6 Å². The van der Waals surface area contributed by atoms with Gasteiger partial charge in [-0.3, -0.25) is 4.99 Å². The molecule has 0 aliphatic carbocycles. The van der Waals surface area contributed by atoms with Gasteiger partial charge in [0.25, 0.3) is 0 Å². The summed E-state index contributed by atoms with van der Waals surface area (Å²) in [5, 5.41) is 1.58. The Hall–Kier alpha value is -2.59. The predicted molar refractivity (Wildman–Crippen MR) is 85.9 cm³/mol. The summed E-state index contributed by atoms with van der Waals surface area (Å²) in [6.45, 7) is 0.725. The smallest absolute Gasteiger partial charge is 0.160 e. The summed E-state index contributed by atoms with van der Waals surface area (Å²) in [4.78, 5) is 16.5. The summed E-state index contributed by atoms with van der Waals surface area (Å²) in [5.74, 6) is 1.53. The number of aliphatic imine (C=N–C) groups is 1. The van der Waals surface area contributed by atoms with Gasteiger partial charge in [0.05, 0.1) is 0 Å². The van der Waals surface area contributed by atoms with E-state index in [-0.39, 0.29) is 6.04 Å². The first kappa shape index (κ1) is 13.1. The van der Waals surface area contributed by atoms with Crippen molar-refractivity contribution in [2.45, 2.75) is 12.5 Å². The van der Waals surface area contributed by atoms with Gasteiger partial charge in [0.15, 0.2) is 11.5 Å². The molecule has 4 heteroatoms. The van der Waals surface area contributed by atoms with Crippen LogP contribution < -0.4 is 9.68 Å². The maximum absolute atomic E-state index is 6.03. The predicted octanol–water partition coefficient (Wildman–Crippen LogP) is 3.49. The summed E-state index contributed by atoms with van der Waals surface area (Å²) >= 11 is 0. The fraction of sp³-hybridized carbons (Fsp3) is 0.167. The quantitative estimate of drug-likeness (QED) is 0.745. The molecule has 4 rings (SSSR count). The summed E-state index contributed by atoms with van der Waals surface area (Å²) in [6, 6.07) is 15.8. The summed E-state index contributed by atoms with van der Waals surface area (Å²) < 4.78 is 0. The van der Waals surface area contributed by atoms with Crippen LogP contribution >= 0.6 is 0 Å². The molecule has 110 valence electrons. The van der Waals surface area contributed by atoms with Crippen molar-refractivity contribution < 1.29 is 9.68 Å². The van der Waals surface area contributed by atoms with Gasteiger partial charge < -0.3 is 9.68 Å². The van der Waals surface area contributed by atoms with Crippen molar-refractivity contribution in [2.24, 2.45) is 4.99 Å². The van der Waals surface area contributed by atoms with E-state index < -0.39 is 0 Å². The molecule has 4 nitrogen and oxygen atoms in total. The molecule has 1 atom stereocenters. The van der Waals surface area contributed by atoms with Crippen molar-refractivity contribution in [3.8, 4) is 11.5 Å². The second kappa shape index (κ2) is 5.66. The Morgan fingerprint density at radius 2 is 1.59 bits per heavy atom. The number of para-hydroxylation sites is 2. The Balaban J connectivity index is 1.73. The molecule has 0 spiro atoms. The van der Waals surface area contributed by atoms with Gasteiger partial charge in [-0.05, 0) is 24.6 Å². The zero-order valence-electron chi connectivity index (χ0n) is 12.1. The van der Waals surface area contributed by atoms with Crippen molar-refractivity contribution in [1.82, 2.24) is 5.23 Å². The van der Waals surface area contributed by atoms with E-state index in [1.54, 1.807) is 5.23 Å². The van der Waals surface area contributed by atoms with Gasteiger partial charge in [0, 0.05) is 29.1 Å². The molecule has 0 fully saturated rings. The van der Waals surface area contributed by atoms with Crippen LogP contribution in [0.3, 0.4) is 0 Å². The monoisotopic (exact) mass is 292 g/mol. The minimum absolute atomic E-state index is 0.00991. The van der Waals surface area contributed by atoms with Crippen LogP contribution in [0, 0.1) is 0 Å². The van der Waals surface area contributed by atoms with Crippen molar-refractivity contribution >= 4 is 12.3 Å². The average Bonchev–Trinajstić information content (AvgIpc) is 2.66. The van der Waals surface area contributed by atoms with Gasteiger partial charge in [0.1, 0.15) is 6.04 Å². The second-order valence-electron chi connectivity index (χ2n) is 5.29. The van der Waals surface area contributed by atoms with Crippen molar-refractivity contribution in [3.63, 3.8) is 0 Å². The van der Waals surface area contributed by atoms with Crippen LogP contribution in [0.1, 0.15) is 17.5 Å². The lowest BCUT2D eigenvalue weighted by Gasteiger charge is -2.26. The van der Waals surface area contributed by atoms with Crippen molar-refractivity contribution in [1.29, 1.82) is 0 Å². The Labute approximate surface area is 129 Å². The first-order chi connectivity index (χ1) is 10.9. The second-order valence-corrected chi connectivity index (χ2v) is 5.29. The van der Waals surface area contributed by atoms with Crippen LogP contribution in [0.4, 0.5) is 0 Å². The number of hydrogen-bond acceptors (Lipinski definition) is 4. The van der Waals surface area contributed by atoms with Crippen LogP contribution in [-0.2, 0) is 0 Å². The average molecular weight is 292 g/mol. The van der Waals surface area contributed by atoms with E-state index >= 15 is 0 Å². The van der Waals surface area contributed by atoms with E-state index in [1.165, 1.54) is 0 Å². The summed E-state index contributed by atoms with van der Waals surface area (Å²) in [7, 11) is 0. The SMILES string of the molecule is C1=C[C@H]2CC/N=C/c3ccccc3ON2Oc2ccccc21. The molecule has 0 bridgehead atoms. The maximum atomic E-state index is 6.03. The molecule has 0 saturated carbocycles. The molecule has 0 unspecified atom stereocenters. The molecule has 2 aromatic rings. The van der Waals surface area contributed by atoms with Crippen LogP contribution in [0.25, 0.3) is 6.08 Å². The van der Waals surface area contributed by atoms with Crippen LogP contribution in [-0.4, -0.2) is 24.0 Å². The third-order valence-corrected chi connectivity index (χ3v) is 3.77. The molecule has 2 heterocycles. The number of hydrogen-bond donors (Lipinski definition) is 0. The topological polar surface area (TPSA) is 34.1 Å². The fourth-order valence-electron chi connectivity index (χ4n) is 2.58. The number of rotatable bonds is 0. The molecule has 2 aliphatic rings. The highest BCUT2D eigenvalue weighted by Crippen LogP contribution is 2.28. The Kier molecular flexibility index (Phi) is 3.37. The highest BCUT2D eigenvalue weighted by Gasteiger charge is 2.25. The first-order valence-electron chi connectivity index (χ1n) is 7.41. The lowest BCUT2D eigenvalue weighted by atomic mass is 10.1. The number of nitrogens with zero attached hydrogens (tertiary/aromatic N) is 2. The summed E-state index contributed by atoms with van der Waals surface area (Å²) in [5.41, 5.74) is 2.00. The van der Waals surface area contributed by atoms with Crippen LogP contribution in [0.2, 0.25) is 0 Å². The lowest BCUT2D eigenvalue weighted by Crippen LogP contribution is -2.39. The molecule has 0 radical (unpaired) electrons. The largest absolute Gasteiger partial charge is 0.370 e. The van der Waals surface area contributed by atoms with Gasteiger partial charge in [-0.25, -0.2) is 0 Å². The molecular weight excluding hydrogens is 276 g/mol. The standard InChI is InChI=1S/C18H16N2O2/c1-3-7-17-14(5-1)9-10-16-11-12-19-13-15-6-2-4-8-18(15)22-20(16)21-17/h1-10,13,16H,11-12H2/b19-13+/t16-/m0/s1. The Morgan fingerprint density at radius 1 is 0.909 bits per heavy atom. The van der Waals surface area contributed by atoms with E-state index in [1.807, 2.05) is 54.7 Å². The molecule has 0 N–H and O–H groups in total. The third-order valence-electron chi connectivity index (χ3n) is 3.77. The molecule has 0 saturated heterocycles. The minimum atomic E-state index is 0.00991. The van der Waals surface area contributed by atoms with Gasteiger partial charge in [-0.2, -0.15) is 0 Å². The molecule has 2 aromatic carbocycles. The summed E-state index contributed by atoms with van der Waals surface area (Å²) in [6.07, 6.45) is 6.88. The fourth-order valence-corrected chi connectivity index (χ4v) is 2.58. The lowest BCUT2D eigenvalue weighted by molar-refractivity contribution is -0.273. The molecule has 22 heavy (non-hydrogen) atoms. The van der Waals surface area contributed by atoms with E-state index in [0.717, 1.165) is 35.6 Å². The van der Waals surface area contributed by atoms with Crippen LogP contribution in [0.5, 0.6) is 11.5 Å². The molecule has 0 aromatic heterocycles. The van der Waals surface area contributed by atoms with Gasteiger partial charge >= 0.3 is 0 Å². The Bertz CT molecular complexity index is 739. The number of hydroxylamine groups is 2. The van der Waals surface area contributed by atoms with E-state index in [9.17, 15) is 0 Å². The van der Waals surface area contributed by atoms with E-state index in [0.29, 0.717) is 0 Å². The first-order valence-corrected chi connectivity index (χ1v) is 7.41. The molecular formula is C18H16N2O2. The zero-order valence-corrected chi connectivity index (χ0v) is 12.1. The maximum Gasteiger partial charge on any atom is 0.160 e. The Morgan fingerprint density at radius 3 is 2.41 bits per heavy atom. The van der Waals surface area contributed by atoms with Crippen molar-refractivity contribution in [3.05, 3.63) is 65.7 Å². The number of benzene rings is 2. The van der Waals surface area contributed by atoms with E-state index in [4.69, 9.17) is 9.68 Å². The minimum Gasteiger partial charge on any atom is -0.370 e. The number of fused-ring (bicyclic) bond motifs is 3. The highest BCUT2D eigenvalue weighted by molar-refractivity contribution is 5.83. The third kappa shape index (κ3) is 2.49. The van der Waals surface area contributed by atoms with Gasteiger partial charge in [-0.1, -0.05) is 42.5 Å². The zero-order chi connectivity index (χ0) is 14.8. The highest BCUT2D eigenvalue weighted by atomic mass is 17.0. The van der Waals surface area contributed by atoms with Crippen molar-refractivity contribution in [2.75, 3.05) is 6.54 Å². The molecule has 2 aliphatic heterocycles.